The monoisotopic (exact) mass is 224 g/mol. The minimum atomic E-state index is -1.94. The van der Waals surface area contributed by atoms with E-state index in [0.717, 1.165) is 5.69 Å². The number of rotatable bonds is 4. The van der Waals surface area contributed by atoms with Crippen molar-refractivity contribution in [2.75, 3.05) is 5.01 Å². The van der Waals surface area contributed by atoms with Crippen molar-refractivity contribution < 1.29 is 8.76 Å². The predicted molar refractivity (Wildman–Crippen MR) is 62.3 cm³/mol. The molecule has 0 aliphatic rings. The maximum Gasteiger partial charge on any atom is 0.186 e. The Morgan fingerprint density at radius 1 is 1.47 bits per heavy atom. The van der Waals surface area contributed by atoms with Gasteiger partial charge in [-0.2, -0.15) is 5.10 Å². The van der Waals surface area contributed by atoms with E-state index in [2.05, 4.69) is 11.7 Å². The maximum atomic E-state index is 10.7. The van der Waals surface area contributed by atoms with Gasteiger partial charge in [0.2, 0.25) is 0 Å². The first kappa shape index (κ1) is 11.6. The Hall–Kier alpha value is -1.46. The van der Waals surface area contributed by atoms with Crippen LogP contribution < -0.4 is 5.01 Å². The van der Waals surface area contributed by atoms with Gasteiger partial charge in [-0.05, 0) is 31.2 Å². The van der Waals surface area contributed by atoms with Gasteiger partial charge in [-0.25, -0.2) is 9.22 Å². The number of nitrogens with zero attached hydrogens (tertiary/aromatic N) is 2. The smallest absolute Gasteiger partial charge is 0.186 e. The van der Waals surface area contributed by atoms with E-state index in [-0.39, 0.29) is 0 Å². The van der Waals surface area contributed by atoms with Gasteiger partial charge in [0, 0.05) is 12.4 Å². The molecular weight excluding hydrogens is 212 g/mol. The lowest BCUT2D eigenvalue weighted by molar-refractivity contribution is 0.564. The summed E-state index contributed by atoms with van der Waals surface area (Å²) >= 11 is -1.94. The predicted octanol–water partition coefficient (Wildman–Crippen LogP) is 2.22. The second-order valence-corrected chi connectivity index (χ2v) is 3.61. The van der Waals surface area contributed by atoms with Crippen LogP contribution in [-0.2, 0) is 11.1 Å². The molecule has 1 aromatic carbocycles. The number of hydrogen-bond donors (Lipinski definition) is 1. The molecule has 0 bridgehead atoms. The first-order chi connectivity index (χ1) is 7.19. The quantitative estimate of drug-likeness (QED) is 0.484. The Bertz CT molecular complexity index is 387. The Labute approximate surface area is 91.2 Å². The van der Waals surface area contributed by atoms with Gasteiger partial charge in [-0.3, -0.25) is 0 Å². The summed E-state index contributed by atoms with van der Waals surface area (Å²) in [5.41, 5.74) is 0.789. The number of hydrogen-bond acceptors (Lipinski definition) is 3. The molecular formula is C10H12N2O2S. The van der Waals surface area contributed by atoms with Crippen molar-refractivity contribution in [3.8, 4) is 0 Å². The Morgan fingerprint density at radius 2 is 2.07 bits per heavy atom. The molecule has 0 heterocycles. The molecule has 0 saturated heterocycles. The highest BCUT2D eigenvalue weighted by Gasteiger charge is 2.02. The van der Waals surface area contributed by atoms with Crippen molar-refractivity contribution >= 4 is 23.0 Å². The van der Waals surface area contributed by atoms with Crippen molar-refractivity contribution in [3.05, 3.63) is 37.0 Å². The van der Waals surface area contributed by atoms with Gasteiger partial charge < -0.3 is 4.55 Å². The topological polar surface area (TPSA) is 52.9 Å². The molecule has 1 atom stereocenters. The van der Waals surface area contributed by atoms with E-state index in [1.165, 1.54) is 0 Å². The van der Waals surface area contributed by atoms with E-state index in [4.69, 9.17) is 4.55 Å². The van der Waals surface area contributed by atoms with Crippen molar-refractivity contribution in [2.24, 2.45) is 5.10 Å². The average molecular weight is 224 g/mol. The summed E-state index contributed by atoms with van der Waals surface area (Å²) < 4.78 is 19.5. The van der Waals surface area contributed by atoms with Crippen molar-refractivity contribution in [2.45, 2.75) is 11.8 Å². The lowest BCUT2D eigenvalue weighted by Gasteiger charge is -2.13. The summed E-state index contributed by atoms with van der Waals surface area (Å²) in [7, 11) is 0. The first-order valence-electron chi connectivity index (χ1n) is 4.30. The summed E-state index contributed by atoms with van der Waals surface area (Å²) in [6.45, 7) is 5.42. The van der Waals surface area contributed by atoms with Crippen LogP contribution in [0.4, 0.5) is 5.69 Å². The van der Waals surface area contributed by atoms with Crippen LogP contribution >= 0.6 is 0 Å². The van der Waals surface area contributed by atoms with Gasteiger partial charge in [0.15, 0.2) is 11.1 Å². The van der Waals surface area contributed by atoms with Crippen LogP contribution in [0.5, 0.6) is 0 Å². The molecule has 4 nitrogen and oxygen atoms in total. The largest absolute Gasteiger partial charge is 0.302 e. The van der Waals surface area contributed by atoms with E-state index >= 15 is 0 Å². The third-order valence-electron chi connectivity index (χ3n) is 1.72. The fourth-order valence-electron chi connectivity index (χ4n) is 1.06. The molecule has 0 radical (unpaired) electrons. The maximum absolute atomic E-state index is 10.7. The van der Waals surface area contributed by atoms with Gasteiger partial charge in [-0.15, -0.1) is 0 Å². The molecule has 80 valence electrons. The molecule has 0 saturated carbocycles. The zero-order valence-electron chi connectivity index (χ0n) is 8.33. The first-order valence-corrected chi connectivity index (χ1v) is 5.41. The standard InChI is InChI=1S/C10H12N2O2S/c1-3-11-12(4-2)9-5-7-10(8-6-9)15(13)14/h3-8H,2H2,1H3,(H,13,14)/b11-3-. The van der Waals surface area contributed by atoms with E-state index in [1.54, 1.807) is 48.6 Å². The minimum absolute atomic E-state index is 0.364. The van der Waals surface area contributed by atoms with Crippen LogP contribution in [0.15, 0.2) is 47.0 Å². The zero-order valence-corrected chi connectivity index (χ0v) is 9.15. The highest BCUT2D eigenvalue weighted by atomic mass is 32.2. The zero-order chi connectivity index (χ0) is 11.3. The summed E-state index contributed by atoms with van der Waals surface area (Å²) in [5, 5.41) is 5.61. The van der Waals surface area contributed by atoms with Gasteiger partial charge in [0.25, 0.3) is 0 Å². The van der Waals surface area contributed by atoms with Crippen molar-refractivity contribution in [3.63, 3.8) is 0 Å². The third-order valence-corrected chi connectivity index (χ3v) is 2.39. The second kappa shape index (κ2) is 5.43. The summed E-state index contributed by atoms with van der Waals surface area (Å²) in [6.07, 6.45) is 3.20. The Morgan fingerprint density at radius 3 is 2.47 bits per heavy atom. The lowest BCUT2D eigenvalue weighted by atomic mass is 10.3. The average Bonchev–Trinajstić information content (AvgIpc) is 2.26. The molecule has 0 aliphatic carbocycles. The molecule has 15 heavy (non-hydrogen) atoms. The number of benzene rings is 1. The summed E-state index contributed by atoms with van der Waals surface area (Å²) in [4.78, 5) is 0.364. The second-order valence-electron chi connectivity index (χ2n) is 2.64. The third kappa shape index (κ3) is 3.00. The van der Waals surface area contributed by atoms with Gasteiger partial charge >= 0.3 is 0 Å². The molecule has 1 unspecified atom stereocenters. The summed E-state index contributed by atoms with van der Waals surface area (Å²) in [5.74, 6) is 0. The molecule has 1 N–H and O–H groups in total. The summed E-state index contributed by atoms with van der Waals surface area (Å²) in [6, 6.07) is 6.57. The molecule has 0 amide bonds. The molecule has 0 aromatic heterocycles. The van der Waals surface area contributed by atoms with Crippen LogP contribution in [0.1, 0.15) is 6.92 Å². The van der Waals surface area contributed by atoms with E-state index in [1.807, 2.05) is 0 Å². The molecule has 5 heteroatoms. The normalized spacial score (nSPS) is 12.7. The van der Waals surface area contributed by atoms with Crippen LogP contribution in [0.2, 0.25) is 0 Å². The Balaban J connectivity index is 2.96. The SMILES string of the molecule is C=CN(/N=C\C)c1ccc(S(=O)O)cc1. The van der Waals surface area contributed by atoms with Crippen molar-refractivity contribution in [1.29, 1.82) is 0 Å². The lowest BCUT2D eigenvalue weighted by Crippen LogP contribution is -2.06. The van der Waals surface area contributed by atoms with Gasteiger partial charge in [-0.1, -0.05) is 6.58 Å². The highest BCUT2D eigenvalue weighted by molar-refractivity contribution is 7.79. The fraction of sp³-hybridized carbons (Fsp3) is 0.100. The van der Waals surface area contributed by atoms with E-state index in [0.29, 0.717) is 4.90 Å². The van der Waals surface area contributed by atoms with Gasteiger partial charge in [0.05, 0.1) is 10.6 Å². The number of hydrazone groups is 1. The molecule has 0 aliphatic heterocycles. The van der Waals surface area contributed by atoms with Crippen molar-refractivity contribution in [1.82, 2.24) is 0 Å². The molecule has 0 spiro atoms. The van der Waals surface area contributed by atoms with Crippen LogP contribution in [0, 0.1) is 0 Å². The van der Waals surface area contributed by atoms with Gasteiger partial charge in [0.1, 0.15) is 0 Å². The highest BCUT2D eigenvalue weighted by Crippen LogP contribution is 2.16. The molecule has 0 fully saturated rings. The van der Waals surface area contributed by atoms with Crippen LogP contribution in [-0.4, -0.2) is 15.0 Å². The van der Waals surface area contributed by atoms with E-state index < -0.39 is 11.1 Å². The fourth-order valence-corrected chi connectivity index (χ4v) is 1.43. The molecule has 1 rings (SSSR count). The van der Waals surface area contributed by atoms with E-state index in [9.17, 15) is 4.21 Å². The molecule has 1 aromatic rings. The van der Waals surface area contributed by atoms with Crippen LogP contribution in [0.25, 0.3) is 0 Å². The number of anilines is 1. The minimum Gasteiger partial charge on any atom is -0.302 e. The van der Waals surface area contributed by atoms with Crippen LogP contribution in [0.3, 0.4) is 0 Å². The Kier molecular flexibility index (Phi) is 4.20.